The summed E-state index contributed by atoms with van der Waals surface area (Å²) in [4.78, 5) is 0. The third-order valence-corrected chi connectivity index (χ3v) is 4.79. The third kappa shape index (κ3) is 11.4. The van der Waals surface area contributed by atoms with Gasteiger partial charge in [-0.1, -0.05) is 84.0 Å². The monoisotopic (exact) mass is 322 g/mol. The van der Waals surface area contributed by atoms with Gasteiger partial charge >= 0.3 is 0 Å². The zero-order valence-electron chi connectivity index (χ0n) is 15.3. The molecule has 0 aliphatic rings. The Morgan fingerprint density at radius 1 is 0.870 bits per heavy atom. The van der Waals surface area contributed by atoms with E-state index in [-0.39, 0.29) is 6.61 Å². The molecule has 2 heteroatoms. The second kappa shape index (κ2) is 14.8. The zero-order chi connectivity index (χ0) is 16.6. The van der Waals surface area contributed by atoms with Crippen LogP contribution in [0.2, 0.25) is 0 Å². The van der Waals surface area contributed by atoms with Gasteiger partial charge in [0.05, 0.1) is 6.26 Å². The van der Waals surface area contributed by atoms with Crippen molar-refractivity contribution >= 4 is 0 Å². The molecule has 0 radical (unpaired) electrons. The Morgan fingerprint density at radius 3 is 1.91 bits per heavy atom. The van der Waals surface area contributed by atoms with Crippen LogP contribution in [0.5, 0.6) is 0 Å². The maximum atomic E-state index is 9.46. The Kier molecular flexibility index (Phi) is 13.1. The predicted molar refractivity (Wildman–Crippen MR) is 98.7 cm³/mol. The average Bonchev–Trinajstić information content (AvgIpc) is 3.07. The van der Waals surface area contributed by atoms with E-state index in [2.05, 4.69) is 6.92 Å². The maximum absolute atomic E-state index is 9.46. The zero-order valence-corrected chi connectivity index (χ0v) is 15.3. The number of unbranched alkanes of at least 4 members (excludes halogenated alkanes) is 11. The third-order valence-electron chi connectivity index (χ3n) is 4.79. The van der Waals surface area contributed by atoms with Gasteiger partial charge in [0.25, 0.3) is 0 Å². The van der Waals surface area contributed by atoms with Gasteiger partial charge in [0.15, 0.2) is 0 Å². The summed E-state index contributed by atoms with van der Waals surface area (Å²) in [7, 11) is 0. The number of furan rings is 1. The van der Waals surface area contributed by atoms with E-state index in [1.807, 2.05) is 12.1 Å². The molecular weight excluding hydrogens is 284 g/mol. The second-order valence-electron chi connectivity index (χ2n) is 7.01. The van der Waals surface area contributed by atoms with Crippen molar-refractivity contribution in [1.82, 2.24) is 0 Å². The molecular formula is C21H38O2. The molecule has 0 bridgehead atoms. The molecule has 1 aromatic heterocycles. The van der Waals surface area contributed by atoms with Crippen molar-refractivity contribution in [2.45, 2.75) is 96.8 Å². The number of aliphatic hydroxyl groups is 1. The summed E-state index contributed by atoms with van der Waals surface area (Å²) in [6, 6.07) is 3.93. The van der Waals surface area contributed by atoms with E-state index in [1.165, 1.54) is 77.0 Å². The second-order valence-corrected chi connectivity index (χ2v) is 7.01. The molecule has 1 unspecified atom stereocenters. The minimum Gasteiger partial charge on any atom is -0.469 e. The topological polar surface area (TPSA) is 33.4 Å². The van der Waals surface area contributed by atoms with Gasteiger partial charge in [0, 0.05) is 13.0 Å². The van der Waals surface area contributed by atoms with Crippen LogP contribution >= 0.6 is 0 Å². The van der Waals surface area contributed by atoms with E-state index < -0.39 is 0 Å². The van der Waals surface area contributed by atoms with E-state index in [9.17, 15) is 5.11 Å². The highest BCUT2D eigenvalue weighted by Crippen LogP contribution is 2.17. The van der Waals surface area contributed by atoms with Gasteiger partial charge in [-0.2, -0.15) is 0 Å². The van der Waals surface area contributed by atoms with Crippen LogP contribution < -0.4 is 0 Å². The first-order valence-electron chi connectivity index (χ1n) is 10.00. The van der Waals surface area contributed by atoms with Gasteiger partial charge in [-0.15, -0.1) is 0 Å². The summed E-state index contributed by atoms with van der Waals surface area (Å²) in [6.45, 7) is 2.55. The smallest absolute Gasteiger partial charge is 0.104 e. The van der Waals surface area contributed by atoms with Gasteiger partial charge < -0.3 is 9.52 Å². The van der Waals surface area contributed by atoms with Crippen LogP contribution in [0.3, 0.4) is 0 Å². The summed E-state index contributed by atoms with van der Waals surface area (Å²) in [5.41, 5.74) is 0. The SMILES string of the molecule is CCCCCCCCCCCCCCC(CO)Cc1ccco1. The van der Waals surface area contributed by atoms with Gasteiger partial charge in [0.2, 0.25) is 0 Å². The highest BCUT2D eigenvalue weighted by molar-refractivity contribution is 4.99. The highest BCUT2D eigenvalue weighted by atomic mass is 16.3. The first kappa shape index (κ1) is 20.3. The van der Waals surface area contributed by atoms with Crippen LogP contribution in [0.25, 0.3) is 0 Å². The molecule has 0 aliphatic heterocycles. The van der Waals surface area contributed by atoms with Crippen molar-refractivity contribution < 1.29 is 9.52 Å². The lowest BCUT2D eigenvalue weighted by Gasteiger charge is -2.12. The summed E-state index contributed by atoms with van der Waals surface area (Å²) < 4.78 is 5.37. The van der Waals surface area contributed by atoms with Crippen molar-refractivity contribution in [3.63, 3.8) is 0 Å². The maximum Gasteiger partial charge on any atom is 0.104 e. The van der Waals surface area contributed by atoms with Crippen molar-refractivity contribution in [3.8, 4) is 0 Å². The number of rotatable bonds is 16. The van der Waals surface area contributed by atoms with Gasteiger partial charge in [0.1, 0.15) is 5.76 Å². The molecule has 0 aliphatic carbocycles. The van der Waals surface area contributed by atoms with E-state index in [4.69, 9.17) is 4.42 Å². The summed E-state index contributed by atoms with van der Waals surface area (Å²) in [6.07, 6.45) is 20.3. The number of hydrogen-bond donors (Lipinski definition) is 1. The molecule has 0 aromatic carbocycles. The predicted octanol–water partition coefficient (Wildman–Crippen LogP) is 6.52. The Balaban J connectivity index is 1.85. The van der Waals surface area contributed by atoms with Gasteiger partial charge in [-0.3, -0.25) is 0 Å². The highest BCUT2D eigenvalue weighted by Gasteiger charge is 2.09. The first-order valence-corrected chi connectivity index (χ1v) is 10.00. The summed E-state index contributed by atoms with van der Waals surface area (Å²) in [5, 5.41) is 9.46. The normalized spacial score (nSPS) is 12.6. The van der Waals surface area contributed by atoms with Gasteiger partial charge in [-0.25, -0.2) is 0 Å². The molecule has 23 heavy (non-hydrogen) atoms. The fourth-order valence-electron chi connectivity index (χ4n) is 3.25. The van der Waals surface area contributed by atoms with Crippen molar-refractivity contribution in [3.05, 3.63) is 24.2 Å². The molecule has 0 spiro atoms. The number of hydrogen-bond acceptors (Lipinski definition) is 2. The van der Waals surface area contributed by atoms with Crippen LogP contribution in [0.15, 0.2) is 22.8 Å². The van der Waals surface area contributed by atoms with Crippen LogP contribution in [0.4, 0.5) is 0 Å². The molecule has 1 rings (SSSR count). The van der Waals surface area contributed by atoms with Crippen LogP contribution in [-0.4, -0.2) is 11.7 Å². The molecule has 1 N–H and O–H groups in total. The molecule has 0 saturated heterocycles. The average molecular weight is 323 g/mol. The molecule has 0 amide bonds. The van der Waals surface area contributed by atoms with E-state index in [0.717, 1.165) is 18.6 Å². The minimum absolute atomic E-state index is 0.277. The summed E-state index contributed by atoms with van der Waals surface area (Å²) >= 11 is 0. The lowest BCUT2D eigenvalue weighted by atomic mass is 9.96. The molecule has 1 heterocycles. The fraction of sp³-hybridized carbons (Fsp3) is 0.810. The summed E-state index contributed by atoms with van der Waals surface area (Å²) in [5.74, 6) is 1.37. The fourth-order valence-corrected chi connectivity index (χ4v) is 3.25. The van der Waals surface area contributed by atoms with E-state index >= 15 is 0 Å². The Morgan fingerprint density at radius 2 is 1.43 bits per heavy atom. The van der Waals surface area contributed by atoms with Crippen LogP contribution in [0, 0.1) is 5.92 Å². The quantitative estimate of drug-likeness (QED) is 0.351. The Bertz CT molecular complexity index is 332. The lowest BCUT2D eigenvalue weighted by Crippen LogP contribution is -2.09. The van der Waals surface area contributed by atoms with Crippen molar-refractivity contribution in [1.29, 1.82) is 0 Å². The van der Waals surface area contributed by atoms with Crippen LogP contribution in [-0.2, 0) is 6.42 Å². The molecule has 2 nitrogen and oxygen atoms in total. The minimum atomic E-state index is 0.277. The van der Waals surface area contributed by atoms with Crippen LogP contribution in [0.1, 0.15) is 96.2 Å². The number of aliphatic hydroxyl groups excluding tert-OH is 1. The van der Waals surface area contributed by atoms with Crippen molar-refractivity contribution in [2.75, 3.05) is 6.61 Å². The Hall–Kier alpha value is -0.760. The standard InChI is InChI=1S/C21H38O2/c1-2-3-4-5-6-7-8-9-10-11-12-13-15-20(19-22)18-21-16-14-17-23-21/h14,16-17,20,22H,2-13,15,18-19H2,1H3. The molecule has 1 atom stereocenters. The largest absolute Gasteiger partial charge is 0.469 e. The van der Waals surface area contributed by atoms with E-state index in [1.54, 1.807) is 6.26 Å². The molecule has 134 valence electrons. The lowest BCUT2D eigenvalue weighted by molar-refractivity contribution is 0.208. The molecule has 0 saturated carbocycles. The first-order chi connectivity index (χ1) is 11.4. The Labute approximate surface area is 143 Å². The van der Waals surface area contributed by atoms with Gasteiger partial charge in [-0.05, 0) is 24.5 Å². The molecule has 1 aromatic rings. The van der Waals surface area contributed by atoms with E-state index in [0.29, 0.717) is 5.92 Å². The molecule has 0 fully saturated rings. The van der Waals surface area contributed by atoms with Crippen molar-refractivity contribution in [2.24, 2.45) is 5.92 Å².